The molecule has 0 aromatic heterocycles. The topological polar surface area (TPSA) is 38.8 Å². The van der Waals surface area contributed by atoms with Gasteiger partial charge in [0.25, 0.3) is 0 Å². The zero-order valence-electron chi connectivity index (χ0n) is 9.12. The summed E-state index contributed by atoms with van der Waals surface area (Å²) in [7, 11) is 0. The lowest BCUT2D eigenvalue weighted by molar-refractivity contribution is -0.144. The highest BCUT2D eigenvalue weighted by Gasteiger charge is 2.45. The van der Waals surface area contributed by atoms with Gasteiger partial charge in [-0.15, -0.1) is 0 Å². The van der Waals surface area contributed by atoms with Crippen LogP contribution in [0.25, 0.3) is 0 Å². The summed E-state index contributed by atoms with van der Waals surface area (Å²) in [6, 6.07) is 0. The zero-order valence-corrected chi connectivity index (χ0v) is 9.12. The van der Waals surface area contributed by atoms with Crippen LogP contribution in [-0.2, 0) is 14.3 Å². The Morgan fingerprint density at radius 1 is 1.29 bits per heavy atom. The molecule has 3 nitrogen and oxygen atoms in total. The van der Waals surface area contributed by atoms with Crippen molar-refractivity contribution in [1.82, 2.24) is 0 Å². The van der Waals surface area contributed by atoms with E-state index in [-0.39, 0.29) is 18.2 Å². The van der Waals surface area contributed by atoms with Gasteiger partial charge in [0, 0.05) is 0 Å². The molecule has 0 radical (unpaired) electrons. The maximum Gasteiger partial charge on any atom is 0.337 e. The van der Waals surface area contributed by atoms with Gasteiger partial charge < -0.3 is 9.47 Å². The minimum Gasteiger partial charge on any atom is -0.464 e. The van der Waals surface area contributed by atoms with E-state index in [0.29, 0.717) is 6.61 Å². The van der Waals surface area contributed by atoms with Crippen LogP contribution in [0.5, 0.6) is 0 Å². The van der Waals surface area contributed by atoms with Gasteiger partial charge in [0.2, 0.25) is 0 Å². The summed E-state index contributed by atoms with van der Waals surface area (Å²) in [6.07, 6.45) is 5.82. The molecule has 82 valence electrons. The molecule has 0 N–H and O–H groups in total. The molecule has 1 aliphatic rings. The second-order valence-corrected chi connectivity index (χ2v) is 3.70. The molecule has 0 saturated carbocycles. The van der Waals surface area contributed by atoms with Crippen LogP contribution < -0.4 is 0 Å². The molecule has 1 fully saturated rings. The monoisotopic (exact) mass is 200 g/mol. The highest BCUT2D eigenvalue weighted by molar-refractivity contribution is 5.77. The molecule has 0 aromatic rings. The van der Waals surface area contributed by atoms with Gasteiger partial charge in [0.15, 0.2) is 6.10 Å². The van der Waals surface area contributed by atoms with Gasteiger partial charge in [-0.25, -0.2) is 4.79 Å². The fourth-order valence-electron chi connectivity index (χ4n) is 1.57. The van der Waals surface area contributed by atoms with Crippen molar-refractivity contribution in [3.05, 3.63) is 0 Å². The fourth-order valence-corrected chi connectivity index (χ4v) is 1.57. The van der Waals surface area contributed by atoms with E-state index in [1.807, 2.05) is 6.92 Å². The lowest BCUT2D eigenvalue weighted by atomic mass is 10.1. The van der Waals surface area contributed by atoms with Crippen LogP contribution in [-0.4, -0.2) is 24.8 Å². The Kier molecular flexibility index (Phi) is 4.94. The number of carbonyl (C=O) groups is 1. The zero-order chi connectivity index (χ0) is 10.4. The molecular formula is C11H20O3. The Balaban J connectivity index is 1.99. The number of epoxide rings is 1. The Hall–Kier alpha value is -0.570. The third kappa shape index (κ3) is 3.66. The molecule has 1 heterocycles. The molecule has 1 saturated heterocycles. The Morgan fingerprint density at radius 3 is 2.71 bits per heavy atom. The largest absolute Gasteiger partial charge is 0.464 e. The number of unbranched alkanes of at least 4 members (excludes halogenated alkanes) is 3. The Morgan fingerprint density at radius 2 is 2.07 bits per heavy atom. The maximum atomic E-state index is 11.2. The van der Waals surface area contributed by atoms with Gasteiger partial charge in [0.05, 0.1) is 12.7 Å². The van der Waals surface area contributed by atoms with Crippen LogP contribution in [0, 0.1) is 0 Å². The summed E-state index contributed by atoms with van der Waals surface area (Å²) < 4.78 is 10.1. The number of rotatable bonds is 7. The molecular weight excluding hydrogens is 180 g/mol. The predicted octanol–water partition coefficient (Wildman–Crippen LogP) is 2.29. The molecule has 0 spiro atoms. The minimum absolute atomic E-state index is 0.144. The normalized spacial score (nSPS) is 24.7. The van der Waals surface area contributed by atoms with Crippen molar-refractivity contribution in [1.29, 1.82) is 0 Å². The van der Waals surface area contributed by atoms with Crippen LogP contribution in [0.2, 0.25) is 0 Å². The van der Waals surface area contributed by atoms with Crippen LogP contribution in [0.15, 0.2) is 0 Å². The van der Waals surface area contributed by atoms with Crippen LogP contribution in [0.4, 0.5) is 0 Å². The molecule has 3 heteroatoms. The van der Waals surface area contributed by atoms with Gasteiger partial charge in [-0.3, -0.25) is 0 Å². The molecule has 0 aliphatic carbocycles. The summed E-state index contributed by atoms with van der Waals surface area (Å²) in [5.74, 6) is -0.187. The fraction of sp³-hybridized carbons (Fsp3) is 0.909. The first-order chi connectivity index (χ1) is 6.79. The number of carbonyl (C=O) groups excluding carboxylic acids is 1. The molecule has 1 rings (SSSR count). The molecule has 14 heavy (non-hydrogen) atoms. The first kappa shape index (κ1) is 11.5. The summed E-state index contributed by atoms with van der Waals surface area (Å²) in [4.78, 5) is 11.2. The summed E-state index contributed by atoms with van der Waals surface area (Å²) in [5.41, 5.74) is 0. The number of esters is 1. The van der Waals surface area contributed by atoms with Gasteiger partial charge in [-0.2, -0.15) is 0 Å². The Labute approximate surface area is 85.8 Å². The van der Waals surface area contributed by atoms with Gasteiger partial charge in [-0.1, -0.05) is 32.6 Å². The van der Waals surface area contributed by atoms with Crippen LogP contribution >= 0.6 is 0 Å². The van der Waals surface area contributed by atoms with E-state index in [0.717, 1.165) is 12.8 Å². The first-order valence-electron chi connectivity index (χ1n) is 5.61. The highest BCUT2D eigenvalue weighted by atomic mass is 16.6. The second kappa shape index (κ2) is 6.02. The summed E-state index contributed by atoms with van der Waals surface area (Å²) in [5, 5.41) is 0. The van der Waals surface area contributed by atoms with Gasteiger partial charge in [0.1, 0.15) is 0 Å². The summed E-state index contributed by atoms with van der Waals surface area (Å²) in [6.45, 7) is 4.45. The van der Waals surface area contributed by atoms with Crippen LogP contribution in [0.1, 0.15) is 46.0 Å². The third-order valence-electron chi connectivity index (χ3n) is 2.44. The van der Waals surface area contributed by atoms with E-state index in [1.165, 1.54) is 19.3 Å². The smallest absolute Gasteiger partial charge is 0.337 e. The van der Waals surface area contributed by atoms with Crippen molar-refractivity contribution >= 4 is 5.97 Å². The van der Waals surface area contributed by atoms with Crippen molar-refractivity contribution in [2.45, 2.75) is 58.2 Å². The van der Waals surface area contributed by atoms with Crippen molar-refractivity contribution in [2.75, 3.05) is 6.61 Å². The van der Waals surface area contributed by atoms with Gasteiger partial charge >= 0.3 is 5.97 Å². The minimum atomic E-state index is -0.253. The lowest BCUT2D eigenvalue weighted by Crippen LogP contribution is -2.13. The van der Waals surface area contributed by atoms with E-state index in [4.69, 9.17) is 9.47 Å². The van der Waals surface area contributed by atoms with E-state index in [1.54, 1.807) is 0 Å². The van der Waals surface area contributed by atoms with Crippen molar-refractivity contribution in [2.24, 2.45) is 0 Å². The first-order valence-corrected chi connectivity index (χ1v) is 5.61. The van der Waals surface area contributed by atoms with Crippen molar-refractivity contribution in [3.8, 4) is 0 Å². The van der Waals surface area contributed by atoms with Crippen LogP contribution in [0.3, 0.4) is 0 Å². The highest BCUT2D eigenvalue weighted by Crippen LogP contribution is 2.28. The van der Waals surface area contributed by atoms with Crippen molar-refractivity contribution in [3.63, 3.8) is 0 Å². The average molecular weight is 200 g/mol. The van der Waals surface area contributed by atoms with Crippen molar-refractivity contribution < 1.29 is 14.3 Å². The van der Waals surface area contributed by atoms with E-state index < -0.39 is 0 Å². The number of hydrogen-bond acceptors (Lipinski definition) is 3. The predicted molar refractivity (Wildman–Crippen MR) is 54.1 cm³/mol. The molecule has 0 amide bonds. The molecule has 1 aliphatic heterocycles. The second-order valence-electron chi connectivity index (χ2n) is 3.70. The molecule has 0 unspecified atom stereocenters. The van der Waals surface area contributed by atoms with E-state index in [2.05, 4.69) is 6.92 Å². The van der Waals surface area contributed by atoms with E-state index >= 15 is 0 Å². The lowest BCUT2D eigenvalue weighted by Gasteiger charge is -1.97. The quantitative estimate of drug-likeness (QED) is 0.359. The molecule has 0 aromatic carbocycles. The maximum absolute atomic E-state index is 11.2. The third-order valence-corrected chi connectivity index (χ3v) is 2.44. The Bertz CT molecular complexity index is 179. The molecule has 2 atom stereocenters. The number of ether oxygens (including phenoxy) is 2. The van der Waals surface area contributed by atoms with E-state index in [9.17, 15) is 4.79 Å². The number of hydrogen-bond donors (Lipinski definition) is 0. The molecule has 0 bridgehead atoms. The van der Waals surface area contributed by atoms with Gasteiger partial charge in [-0.05, 0) is 13.3 Å². The average Bonchev–Trinajstić information content (AvgIpc) is 2.92. The standard InChI is InChI=1S/C11H20O3/c1-3-5-6-7-8-9-10(14-9)11(12)13-4-2/h9-10H,3-8H2,1-2H3/t9-,10+/m0/s1. The summed E-state index contributed by atoms with van der Waals surface area (Å²) >= 11 is 0. The SMILES string of the molecule is CCCCCC[C@@H]1O[C@H]1C(=O)OCC.